The van der Waals surface area contributed by atoms with Crippen LogP contribution in [0.1, 0.15) is 10.4 Å². The summed E-state index contributed by atoms with van der Waals surface area (Å²) in [6, 6.07) is 6.47. The molecule has 2 atom stereocenters. The lowest BCUT2D eigenvalue weighted by atomic mass is 10.1. The molecule has 0 bridgehead atoms. The zero-order valence-electron chi connectivity index (χ0n) is 13.5. The number of carbonyl (C=O) groups excluding carboxylic acids is 1. The van der Waals surface area contributed by atoms with Crippen LogP contribution in [0.2, 0.25) is 0 Å². The van der Waals surface area contributed by atoms with Crippen molar-refractivity contribution in [1.29, 1.82) is 0 Å². The van der Waals surface area contributed by atoms with Crippen LogP contribution in [0.4, 0.5) is 0 Å². The van der Waals surface area contributed by atoms with Gasteiger partial charge in [-0.15, -0.1) is 0 Å². The Morgan fingerprint density at radius 2 is 2.13 bits per heavy atom. The standard InChI is InChI=1S/C15H22N2O5S/c1-17(2)23(19,20)10-12-8-22-9-14(12)16-15(18)11-5-4-6-13(7-11)21-3/h4-7,12,14H,8-10H2,1-3H3,(H,16,18). The van der Waals surface area contributed by atoms with Crippen LogP contribution >= 0.6 is 0 Å². The first-order valence-corrected chi connectivity index (χ1v) is 8.87. The van der Waals surface area contributed by atoms with Gasteiger partial charge in [0.2, 0.25) is 10.0 Å². The molecule has 1 aromatic carbocycles. The van der Waals surface area contributed by atoms with Crippen molar-refractivity contribution in [2.75, 3.05) is 40.2 Å². The summed E-state index contributed by atoms with van der Waals surface area (Å²) in [5, 5.41) is 2.86. The van der Waals surface area contributed by atoms with E-state index in [2.05, 4.69) is 5.32 Å². The van der Waals surface area contributed by atoms with Crippen molar-refractivity contribution in [1.82, 2.24) is 9.62 Å². The summed E-state index contributed by atoms with van der Waals surface area (Å²) in [7, 11) is 1.18. The Balaban J connectivity index is 2.04. The van der Waals surface area contributed by atoms with E-state index in [0.717, 1.165) is 0 Å². The highest BCUT2D eigenvalue weighted by Crippen LogP contribution is 2.18. The molecule has 0 aromatic heterocycles. The first kappa shape index (κ1) is 17.7. The Labute approximate surface area is 136 Å². The maximum Gasteiger partial charge on any atom is 0.251 e. The number of carbonyl (C=O) groups is 1. The summed E-state index contributed by atoms with van der Waals surface area (Å²) >= 11 is 0. The van der Waals surface area contributed by atoms with Crippen LogP contribution in [0.5, 0.6) is 5.75 Å². The van der Waals surface area contributed by atoms with Crippen LogP contribution in [-0.2, 0) is 14.8 Å². The van der Waals surface area contributed by atoms with Crippen molar-refractivity contribution >= 4 is 15.9 Å². The highest BCUT2D eigenvalue weighted by atomic mass is 32.2. The van der Waals surface area contributed by atoms with Crippen molar-refractivity contribution in [2.45, 2.75) is 6.04 Å². The Morgan fingerprint density at radius 1 is 1.39 bits per heavy atom. The average Bonchev–Trinajstić information content (AvgIpc) is 2.93. The second kappa shape index (κ2) is 7.29. The molecule has 1 aliphatic heterocycles. The molecule has 0 spiro atoms. The average molecular weight is 342 g/mol. The van der Waals surface area contributed by atoms with Gasteiger partial charge in [0.05, 0.1) is 32.1 Å². The van der Waals surface area contributed by atoms with Crippen LogP contribution in [-0.4, -0.2) is 64.8 Å². The van der Waals surface area contributed by atoms with E-state index in [1.807, 2.05) is 0 Å². The minimum absolute atomic E-state index is 0.0525. The predicted octanol–water partition coefficient (Wildman–Crippen LogP) is 0.331. The number of amides is 1. The Kier molecular flexibility index (Phi) is 5.61. The normalized spacial score (nSPS) is 21.4. The first-order valence-electron chi connectivity index (χ1n) is 7.26. The van der Waals surface area contributed by atoms with E-state index in [-0.39, 0.29) is 23.6 Å². The van der Waals surface area contributed by atoms with Gasteiger partial charge in [-0.25, -0.2) is 12.7 Å². The number of hydrogen-bond acceptors (Lipinski definition) is 5. The second-order valence-electron chi connectivity index (χ2n) is 5.67. The quantitative estimate of drug-likeness (QED) is 0.805. The van der Waals surface area contributed by atoms with E-state index >= 15 is 0 Å². The largest absolute Gasteiger partial charge is 0.497 e. The molecule has 1 N–H and O–H groups in total. The van der Waals surface area contributed by atoms with Gasteiger partial charge >= 0.3 is 0 Å². The fourth-order valence-corrected chi connectivity index (χ4v) is 3.53. The minimum Gasteiger partial charge on any atom is -0.497 e. The molecular formula is C15H22N2O5S. The SMILES string of the molecule is COc1cccc(C(=O)NC2COCC2CS(=O)(=O)N(C)C)c1. The van der Waals surface area contributed by atoms with Gasteiger partial charge < -0.3 is 14.8 Å². The van der Waals surface area contributed by atoms with Crippen LogP contribution in [0.3, 0.4) is 0 Å². The zero-order valence-corrected chi connectivity index (χ0v) is 14.3. The number of nitrogens with zero attached hydrogens (tertiary/aromatic N) is 1. The minimum atomic E-state index is -3.34. The molecule has 1 fully saturated rings. The zero-order chi connectivity index (χ0) is 17.0. The van der Waals surface area contributed by atoms with Crippen LogP contribution in [0.25, 0.3) is 0 Å². The van der Waals surface area contributed by atoms with E-state index in [1.165, 1.54) is 25.5 Å². The van der Waals surface area contributed by atoms with E-state index in [1.54, 1.807) is 24.3 Å². The number of sulfonamides is 1. The number of hydrogen-bond donors (Lipinski definition) is 1. The van der Waals surface area contributed by atoms with Crippen LogP contribution < -0.4 is 10.1 Å². The number of methoxy groups -OCH3 is 1. The van der Waals surface area contributed by atoms with Gasteiger partial charge in [0.15, 0.2) is 0 Å². The summed E-state index contributed by atoms with van der Waals surface area (Å²) < 4.78 is 35.7. The highest BCUT2D eigenvalue weighted by molar-refractivity contribution is 7.89. The van der Waals surface area contributed by atoms with Gasteiger partial charge in [0.1, 0.15) is 5.75 Å². The Morgan fingerprint density at radius 3 is 2.78 bits per heavy atom. The highest BCUT2D eigenvalue weighted by Gasteiger charge is 2.34. The summed E-state index contributed by atoms with van der Waals surface area (Å²) in [6.07, 6.45) is 0. The fraction of sp³-hybridized carbons (Fsp3) is 0.533. The molecule has 0 aliphatic carbocycles. The van der Waals surface area contributed by atoms with Crippen molar-refractivity contribution in [3.05, 3.63) is 29.8 Å². The molecule has 7 nitrogen and oxygen atoms in total. The molecule has 1 aromatic rings. The molecule has 128 valence electrons. The van der Waals surface area contributed by atoms with Gasteiger partial charge in [-0.3, -0.25) is 4.79 Å². The van der Waals surface area contributed by atoms with Crippen molar-refractivity contribution in [3.63, 3.8) is 0 Å². The van der Waals surface area contributed by atoms with E-state index in [0.29, 0.717) is 24.5 Å². The molecule has 1 amide bonds. The van der Waals surface area contributed by atoms with Crippen LogP contribution in [0.15, 0.2) is 24.3 Å². The van der Waals surface area contributed by atoms with Gasteiger partial charge in [-0.05, 0) is 18.2 Å². The number of rotatable bonds is 6. The molecular weight excluding hydrogens is 320 g/mol. The second-order valence-corrected chi connectivity index (χ2v) is 7.90. The lowest BCUT2D eigenvalue weighted by Gasteiger charge is -2.21. The molecule has 23 heavy (non-hydrogen) atoms. The monoisotopic (exact) mass is 342 g/mol. The van der Waals surface area contributed by atoms with Crippen molar-refractivity contribution in [3.8, 4) is 5.75 Å². The molecule has 1 aliphatic rings. The molecule has 1 saturated heterocycles. The molecule has 1 heterocycles. The number of ether oxygens (including phenoxy) is 2. The summed E-state index contributed by atoms with van der Waals surface area (Å²) in [6.45, 7) is 0.624. The lowest BCUT2D eigenvalue weighted by molar-refractivity contribution is 0.0925. The summed E-state index contributed by atoms with van der Waals surface area (Å²) in [5.41, 5.74) is 0.463. The third kappa shape index (κ3) is 4.43. The molecule has 0 saturated carbocycles. The first-order chi connectivity index (χ1) is 10.8. The van der Waals surface area contributed by atoms with Crippen molar-refractivity contribution < 1.29 is 22.7 Å². The van der Waals surface area contributed by atoms with Crippen molar-refractivity contribution in [2.24, 2.45) is 5.92 Å². The van der Waals surface area contributed by atoms with E-state index in [9.17, 15) is 13.2 Å². The molecule has 0 radical (unpaired) electrons. The number of nitrogens with one attached hydrogen (secondary N) is 1. The molecule has 2 unspecified atom stereocenters. The molecule has 2 rings (SSSR count). The summed E-state index contributed by atoms with van der Waals surface area (Å²) in [4.78, 5) is 12.3. The molecule has 8 heteroatoms. The van der Waals surface area contributed by atoms with Gasteiger partial charge in [-0.1, -0.05) is 6.07 Å². The van der Waals surface area contributed by atoms with E-state index < -0.39 is 10.0 Å². The Hall–Kier alpha value is -1.64. The smallest absolute Gasteiger partial charge is 0.251 e. The topological polar surface area (TPSA) is 84.9 Å². The van der Waals surface area contributed by atoms with Crippen LogP contribution in [0, 0.1) is 5.92 Å². The van der Waals surface area contributed by atoms with Gasteiger partial charge in [0, 0.05) is 25.6 Å². The van der Waals surface area contributed by atoms with Gasteiger partial charge in [-0.2, -0.15) is 0 Å². The predicted molar refractivity (Wildman–Crippen MR) is 86.0 cm³/mol. The van der Waals surface area contributed by atoms with E-state index in [4.69, 9.17) is 9.47 Å². The number of benzene rings is 1. The maximum absolute atomic E-state index is 12.3. The maximum atomic E-state index is 12.3. The summed E-state index contributed by atoms with van der Waals surface area (Å²) in [5.74, 6) is -0.000979. The third-order valence-electron chi connectivity index (χ3n) is 3.83. The van der Waals surface area contributed by atoms with Gasteiger partial charge in [0.25, 0.3) is 5.91 Å². The third-order valence-corrected chi connectivity index (χ3v) is 5.79. The Bertz CT molecular complexity index is 660. The lowest BCUT2D eigenvalue weighted by Crippen LogP contribution is -2.43. The fourth-order valence-electron chi connectivity index (χ4n) is 2.36.